The molecule has 2 heterocycles. The van der Waals surface area contributed by atoms with Gasteiger partial charge < -0.3 is 4.74 Å². The number of aromatic nitrogens is 2. The van der Waals surface area contributed by atoms with E-state index in [-0.39, 0.29) is 6.10 Å². The zero-order chi connectivity index (χ0) is 17.5. The molecule has 130 valence electrons. The molecule has 0 N–H and O–H groups in total. The Balaban J connectivity index is 1.55. The van der Waals surface area contributed by atoms with Crippen LogP contribution in [0.1, 0.15) is 24.5 Å². The van der Waals surface area contributed by atoms with Crippen molar-refractivity contribution < 1.29 is 4.74 Å². The van der Waals surface area contributed by atoms with Crippen molar-refractivity contribution in [2.75, 3.05) is 7.11 Å². The number of hydrogen-bond donors (Lipinski definition) is 0. The van der Waals surface area contributed by atoms with Crippen molar-refractivity contribution in [2.45, 2.75) is 18.9 Å². The minimum atomic E-state index is 0.201. The number of hydrogen-bond acceptors (Lipinski definition) is 3. The zero-order valence-electron chi connectivity index (χ0n) is 14.6. The summed E-state index contributed by atoms with van der Waals surface area (Å²) in [6.07, 6.45) is 4.65. The van der Waals surface area contributed by atoms with Gasteiger partial charge in [0.15, 0.2) is 0 Å². The molecular weight excluding hydrogens is 340 g/mol. The quantitative estimate of drug-likeness (QED) is 0.446. The highest BCUT2D eigenvalue weighted by molar-refractivity contribution is 7.13. The Morgan fingerprint density at radius 3 is 2.81 bits per heavy atom. The molecule has 4 aromatic rings. The van der Waals surface area contributed by atoms with Gasteiger partial charge in [-0.3, -0.25) is 4.57 Å². The maximum absolute atomic E-state index is 5.72. The topological polar surface area (TPSA) is 27.1 Å². The third kappa shape index (κ3) is 2.75. The second kappa shape index (κ2) is 6.38. The Kier molecular flexibility index (Phi) is 3.88. The maximum atomic E-state index is 5.72. The van der Waals surface area contributed by atoms with Crippen LogP contribution >= 0.6 is 11.3 Å². The molecule has 0 spiro atoms. The molecule has 5 rings (SSSR count). The van der Waals surface area contributed by atoms with E-state index in [1.807, 2.05) is 13.4 Å². The molecule has 3 nitrogen and oxygen atoms in total. The van der Waals surface area contributed by atoms with Gasteiger partial charge >= 0.3 is 0 Å². The fourth-order valence-electron chi connectivity index (χ4n) is 3.66. The number of imidazole rings is 1. The molecule has 0 bridgehead atoms. The van der Waals surface area contributed by atoms with Crippen LogP contribution < -0.4 is 0 Å². The number of methoxy groups -OCH3 is 1. The lowest BCUT2D eigenvalue weighted by Gasteiger charge is -2.15. The van der Waals surface area contributed by atoms with Crippen LogP contribution in [0, 0.1) is 5.92 Å². The second-order valence-electron chi connectivity index (χ2n) is 6.88. The van der Waals surface area contributed by atoms with Crippen LogP contribution in [0.3, 0.4) is 0 Å². The molecule has 0 aliphatic heterocycles. The fraction of sp³-hybridized carbons (Fsp3) is 0.227. The maximum Gasteiger partial charge on any atom is 0.100 e. The molecule has 1 atom stereocenters. The van der Waals surface area contributed by atoms with Crippen molar-refractivity contribution in [3.63, 3.8) is 0 Å². The summed E-state index contributed by atoms with van der Waals surface area (Å²) in [6, 6.07) is 19.4. The first-order valence-corrected chi connectivity index (χ1v) is 9.85. The first-order chi connectivity index (χ1) is 12.8. The van der Waals surface area contributed by atoms with Crippen LogP contribution in [0.2, 0.25) is 0 Å². The lowest BCUT2D eigenvalue weighted by Crippen LogP contribution is -2.03. The van der Waals surface area contributed by atoms with Gasteiger partial charge in [-0.1, -0.05) is 24.3 Å². The summed E-state index contributed by atoms with van der Waals surface area (Å²) in [4.78, 5) is 5.94. The van der Waals surface area contributed by atoms with E-state index in [9.17, 15) is 0 Å². The number of nitrogens with zero attached hydrogens (tertiary/aromatic N) is 2. The van der Waals surface area contributed by atoms with Crippen LogP contribution in [-0.4, -0.2) is 16.7 Å². The number of ether oxygens (including phenoxy) is 1. The lowest BCUT2D eigenvalue weighted by atomic mass is 10.0. The van der Waals surface area contributed by atoms with Crippen LogP contribution in [0.15, 0.2) is 66.3 Å². The van der Waals surface area contributed by atoms with Gasteiger partial charge in [-0.25, -0.2) is 4.98 Å². The Labute approximate surface area is 156 Å². The van der Waals surface area contributed by atoms with Gasteiger partial charge in [0.2, 0.25) is 0 Å². The summed E-state index contributed by atoms with van der Waals surface area (Å²) in [5, 5.41) is 2.11. The van der Waals surface area contributed by atoms with E-state index in [1.165, 1.54) is 28.8 Å². The van der Waals surface area contributed by atoms with Gasteiger partial charge in [0.05, 0.1) is 17.1 Å². The van der Waals surface area contributed by atoms with Crippen LogP contribution in [0.5, 0.6) is 0 Å². The average Bonchev–Trinajstić information content (AvgIpc) is 3.20. The number of fused-ring (bicyclic) bond motifs is 1. The van der Waals surface area contributed by atoms with Crippen molar-refractivity contribution in [2.24, 2.45) is 5.92 Å². The van der Waals surface area contributed by atoms with Crippen molar-refractivity contribution in [3.8, 4) is 16.1 Å². The summed E-state index contributed by atoms with van der Waals surface area (Å²) in [7, 11) is 1.81. The third-order valence-electron chi connectivity index (χ3n) is 5.13. The summed E-state index contributed by atoms with van der Waals surface area (Å²) >= 11 is 1.76. The fourth-order valence-corrected chi connectivity index (χ4v) is 4.39. The van der Waals surface area contributed by atoms with E-state index in [0.717, 1.165) is 16.7 Å². The molecule has 1 fully saturated rings. The highest BCUT2D eigenvalue weighted by atomic mass is 32.1. The predicted octanol–water partition coefficient (Wildman–Crippen LogP) is 5.85. The SMILES string of the molecule is COC(c1ccc2c(c1)ncn2-c1cccc(-c2cccs2)c1)C1CC1. The van der Waals surface area contributed by atoms with E-state index in [1.54, 1.807) is 11.3 Å². The van der Waals surface area contributed by atoms with E-state index in [2.05, 4.69) is 69.5 Å². The standard InChI is InChI=1S/C22H20N2OS/c1-25-22(15-7-8-15)17-9-10-20-19(13-17)23-14-24(20)18-5-2-4-16(12-18)21-6-3-11-26-21/h2-6,9-15,22H,7-8H2,1H3. The molecule has 4 heteroatoms. The minimum Gasteiger partial charge on any atom is -0.376 e. The highest BCUT2D eigenvalue weighted by Gasteiger charge is 2.32. The summed E-state index contributed by atoms with van der Waals surface area (Å²) < 4.78 is 7.89. The zero-order valence-corrected chi connectivity index (χ0v) is 15.4. The average molecular weight is 360 g/mol. The third-order valence-corrected chi connectivity index (χ3v) is 6.05. The molecule has 26 heavy (non-hydrogen) atoms. The molecular formula is C22H20N2OS. The van der Waals surface area contributed by atoms with Gasteiger partial charge in [0, 0.05) is 17.7 Å². The largest absolute Gasteiger partial charge is 0.376 e. The van der Waals surface area contributed by atoms with E-state index >= 15 is 0 Å². The van der Waals surface area contributed by atoms with E-state index in [4.69, 9.17) is 4.74 Å². The molecule has 0 radical (unpaired) electrons. The Morgan fingerprint density at radius 2 is 2.04 bits per heavy atom. The monoisotopic (exact) mass is 360 g/mol. The normalized spacial score (nSPS) is 15.4. The molecule has 2 aromatic carbocycles. The van der Waals surface area contributed by atoms with Gasteiger partial charge in [-0.05, 0) is 65.6 Å². The lowest BCUT2D eigenvalue weighted by molar-refractivity contribution is 0.0847. The highest BCUT2D eigenvalue weighted by Crippen LogP contribution is 2.43. The van der Waals surface area contributed by atoms with E-state index in [0.29, 0.717) is 5.92 Å². The second-order valence-corrected chi connectivity index (χ2v) is 7.83. The summed E-state index contributed by atoms with van der Waals surface area (Å²) in [6.45, 7) is 0. The molecule has 1 saturated carbocycles. The molecule has 0 amide bonds. The number of thiophene rings is 1. The van der Waals surface area contributed by atoms with Gasteiger partial charge in [0.25, 0.3) is 0 Å². The van der Waals surface area contributed by atoms with Crippen LogP contribution in [-0.2, 0) is 4.74 Å². The minimum absolute atomic E-state index is 0.201. The molecule has 1 aliphatic carbocycles. The molecule has 0 saturated heterocycles. The van der Waals surface area contributed by atoms with Crippen molar-refractivity contribution in [1.82, 2.24) is 9.55 Å². The Morgan fingerprint density at radius 1 is 1.12 bits per heavy atom. The van der Waals surface area contributed by atoms with Crippen LogP contribution in [0.25, 0.3) is 27.2 Å². The van der Waals surface area contributed by atoms with Gasteiger partial charge in [0.1, 0.15) is 6.33 Å². The predicted molar refractivity (Wildman–Crippen MR) is 107 cm³/mol. The Hall–Kier alpha value is -2.43. The Bertz CT molecular complexity index is 1050. The van der Waals surface area contributed by atoms with Crippen molar-refractivity contribution in [3.05, 3.63) is 71.9 Å². The number of rotatable bonds is 5. The summed E-state index contributed by atoms with van der Waals surface area (Å²) in [5.41, 5.74) is 5.76. The molecule has 2 aromatic heterocycles. The first kappa shape index (κ1) is 15.8. The first-order valence-electron chi connectivity index (χ1n) is 8.97. The molecule has 1 unspecified atom stereocenters. The van der Waals surface area contributed by atoms with Crippen molar-refractivity contribution in [1.29, 1.82) is 0 Å². The van der Waals surface area contributed by atoms with E-state index < -0.39 is 0 Å². The van der Waals surface area contributed by atoms with Gasteiger partial charge in [-0.2, -0.15) is 0 Å². The molecule has 1 aliphatic rings. The van der Waals surface area contributed by atoms with Gasteiger partial charge in [-0.15, -0.1) is 11.3 Å². The van der Waals surface area contributed by atoms with Crippen LogP contribution in [0.4, 0.5) is 0 Å². The number of benzene rings is 2. The smallest absolute Gasteiger partial charge is 0.100 e. The summed E-state index contributed by atoms with van der Waals surface area (Å²) in [5.74, 6) is 0.669. The van der Waals surface area contributed by atoms with Crippen molar-refractivity contribution >= 4 is 22.4 Å².